The first kappa shape index (κ1) is 15.2. The Morgan fingerprint density at radius 3 is 2.77 bits per heavy atom. The quantitative estimate of drug-likeness (QED) is 0.886. The SMILES string of the molecule is NC1CCCN(C(=O)c2nn(-c3ccc(F)cc3)cc2Br)C1. The van der Waals surface area contributed by atoms with Crippen LogP contribution in [0.5, 0.6) is 0 Å². The number of halogens is 2. The first-order chi connectivity index (χ1) is 10.5. The van der Waals surface area contributed by atoms with Crippen LogP contribution in [-0.4, -0.2) is 39.7 Å². The van der Waals surface area contributed by atoms with Gasteiger partial charge in [0, 0.05) is 25.3 Å². The van der Waals surface area contributed by atoms with E-state index in [4.69, 9.17) is 5.73 Å². The van der Waals surface area contributed by atoms with Crippen molar-refractivity contribution in [2.75, 3.05) is 13.1 Å². The molecule has 2 aromatic rings. The van der Waals surface area contributed by atoms with Crippen molar-refractivity contribution in [3.05, 3.63) is 46.4 Å². The zero-order chi connectivity index (χ0) is 15.7. The molecule has 7 heteroatoms. The molecule has 2 heterocycles. The van der Waals surface area contributed by atoms with E-state index in [1.54, 1.807) is 27.9 Å². The number of rotatable bonds is 2. The molecule has 1 amide bonds. The van der Waals surface area contributed by atoms with Gasteiger partial charge in [-0.3, -0.25) is 4.79 Å². The molecule has 1 aliphatic rings. The largest absolute Gasteiger partial charge is 0.336 e. The van der Waals surface area contributed by atoms with Crippen molar-refractivity contribution < 1.29 is 9.18 Å². The van der Waals surface area contributed by atoms with Gasteiger partial charge in [-0.2, -0.15) is 5.10 Å². The zero-order valence-electron chi connectivity index (χ0n) is 11.9. The zero-order valence-corrected chi connectivity index (χ0v) is 13.5. The highest BCUT2D eigenvalue weighted by Gasteiger charge is 2.26. The molecule has 0 bridgehead atoms. The van der Waals surface area contributed by atoms with E-state index in [-0.39, 0.29) is 17.8 Å². The Bertz CT molecular complexity index is 685. The van der Waals surface area contributed by atoms with Crippen LogP contribution in [0, 0.1) is 5.82 Å². The van der Waals surface area contributed by atoms with E-state index in [0.717, 1.165) is 12.8 Å². The van der Waals surface area contributed by atoms with Gasteiger partial charge in [-0.1, -0.05) is 0 Å². The lowest BCUT2D eigenvalue weighted by molar-refractivity contribution is 0.0701. The molecule has 1 unspecified atom stereocenters. The molecular weight excluding hydrogens is 351 g/mol. The second-order valence-corrected chi connectivity index (χ2v) is 6.25. The van der Waals surface area contributed by atoms with Crippen LogP contribution < -0.4 is 5.73 Å². The van der Waals surface area contributed by atoms with Crippen LogP contribution in [0.2, 0.25) is 0 Å². The summed E-state index contributed by atoms with van der Waals surface area (Å²) in [5, 5.41) is 4.33. The number of benzene rings is 1. The summed E-state index contributed by atoms with van der Waals surface area (Å²) < 4.78 is 15.2. The Morgan fingerprint density at radius 2 is 2.09 bits per heavy atom. The highest BCUT2D eigenvalue weighted by molar-refractivity contribution is 9.10. The summed E-state index contributed by atoms with van der Waals surface area (Å²) in [6.07, 6.45) is 3.54. The van der Waals surface area contributed by atoms with Crippen LogP contribution in [0.25, 0.3) is 5.69 Å². The molecule has 0 radical (unpaired) electrons. The number of amides is 1. The summed E-state index contributed by atoms with van der Waals surface area (Å²) in [6.45, 7) is 1.25. The number of piperidine rings is 1. The summed E-state index contributed by atoms with van der Waals surface area (Å²) in [6, 6.07) is 5.96. The molecule has 1 aliphatic heterocycles. The molecule has 0 saturated carbocycles. The van der Waals surface area contributed by atoms with Gasteiger partial charge >= 0.3 is 0 Å². The average Bonchev–Trinajstić information content (AvgIpc) is 2.89. The van der Waals surface area contributed by atoms with Crippen LogP contribution in [0.15, 0.2) is 34.9 Å². The van der Waals surface area contributed by atoms with Crippen molar-refractivity contribution in [1.29, 1.82) is 0 Å². The molecule has 5 nitrogen and oxygen atoms in total. The van der Waals surface area contributed by atoms with Crippen molar-refractivity contribution in [2.45, 2.75) is 18.9 Å². The normalized spacial score (nSPS) is 18.5. The average molecular weight is 367 g/mol. The van der Waals surface area contributed by atoms with E-state index >= 15 is 0 Å². The minimum atomic E-state index is -0.312. The van der Waals surface area contributed by atoms with E-state index < -0.39 is 0 Å². The number of nitrogens with two attached hydrogens (primary N) is 1. The summed E-state index contributed by atoms with van der Waals surface area (Å²) in [4.78, 5) is 14.3. The third kappa shape index (κ3) is 3.05. The van der Waals surface area contributed by atoms with Crippen LogP contribution in [0.1, 0.15) is 23.3 Å². The molecule has 22 heavy (non-hydrogen) atoms. The van der Waals surface area contributed by atoms with E-state index in [1.165, 1.54) is 12.1 Å². The molecule has 116 valence electrons. The van der Waals surface area contributed by atoms with Gasteiger partial charge in [0.1, 0.15) is 5.82 Å². The lowest BCUT2D eigenvalue weighted by atomic mass is 10.1. The number of carbonyl (C=O) groups excluding carboxylic acids is 1. The maximum atomic E-state index is 13.0. The van der Waals surface area contributed by atoms with Crippen molar-refractivity contribution in [2.24, 2.45) is 5.73 Å². The highest BCUT2D eigenvalue weighted by atomic mass is 79.9. The summed E-state index contributed by atoms with van der Waals surface area (Å²) in [5.74, 6) is -0.448. The van der Waals surface area contributed by atoms with Gasteiger partial charge in [-0.15, -0.1) is 0 Å². The minimum absolute atomic E-state index is 0.0238. The topological polar surface area (TPSA) is 64.2 Å². The predicted molar refractivity (Wildman–Crippen MR) is 84.3 cm³/mol. The number of nitrogens with zero attached hydrogens (tertiary/aromatic N) is 3. The lowest BCUT2D eigenvalue weighted by Crippen LogP contribution is -2.45. The van der Waals surface area contributed by atoms with Gasteiger partial charge in [0.25, 0.3) is 5.91 Å². The van der Waals surface area contributed by atoms with Gasteiger partial charge in [0.2, 0.25) is 0 Å². The molecule has 1 saturated heterocycles. The Balaban J connectivity index is 1.85. The number of likely N-dealkylation sites (tertiary alicyclic amines) is 1. The molecule has 0 aliphatic carbocycles. The van der Waals surface area contributed by atoms with Crippen molar-refractivity contribution >= 4 is 21.8 Å². The van der Waals surface area contributed by atoms with Crippen LogP contribution >= 0.6 is 15.9 Å². The maximum absolute atomic E-state index is 13.0. The maximum Gasteiger partial charge on any atom is 0.275 e. The first-order valence-electron chi connectivity index (χ1n) is 7.10. The van der Waals surface area contributed by atoms with Crippen molar-refractivity contribution in [3.8, 4) is 5.69 Å². The van der Waals surface area contributed by atoms with Gasteiger partial charge in [0.15, 0.2) is 5.69 Å². The number of carbonyl (C=O) groups is 1. The molecule has 1 atom stereocenters. The van der Waals surface area contributed by atoms with Gasteiger partial charge in [-0.05, 0) is 53.0 Å². The third-order valence-electron chi connectivity index (χ3n) is 3.71. The molecule has 1 fully saturated rings. The number of hydrogen-bond donors (Lipinski definition) is 1. The molecule has 1 aromatic heterocycles. The van der Waals surface area contributed by atoms with E-state index in [0.29, 0.717) is 28.9 Å². The Labute approximate surface area is 136 Å². The van der Waals surface area contributed by atoms with E-state index in [2.05, 4.69) is 21.0 Å². The van der Waals surface area contributed by atoms with Gasteiger partial charge in [0.05, 0.1) is 10.2 Å². The molecule has 3 rings (SSSR count). The van der Waals surface area contributed by atoms with E-state index in [9.17, 15) is 9.18 Å². The fourth-order valence-electron chi connectivity index (χ4n) is 2.57. The lowest BCUT2D eigenvalue weighted by Gasteiger charge is -2.30. The summed E-state index contributed by atoms with van der Waals surface area (Å²) in [5.41, 5.74) is 6.96. The standard InChI is InChI=1S/C15H16BrFN4O/c16-13-9-21(12-5-3-10(17)4-6-12)19-14(13)15(22)20-7-1-2-11(18)8-20/h3-6,9,11H,1-2,7-8,18H2. The fraction of sp³-hybridized carbons (Fsp3) is 0.333. The Kier molecular flexibility index (Phi) is 4.26. The molecular formula is C15H16BrFN4O. The fourth-order valence-corrected chi connectivity index (χ4v) is 3.01. The second-order valence-electron chi connectivity index (χ2n) is 5.40. The first-order valence-corrected chi connectivity index (χ1v) is 7.90. The smallest absolute Gasteiger partial charge is 0.275 e. The third-order valence-corrected chi connectivity index (χ3v) is 4.29. The summed E-state index contributed by atoms with van der Waals surface area (Å²) in [7, 11) is 0. The minimum Gasteiger partial charge on any atom is -0.336 e. The molecule has 0 spiro atoms. The molecule has 1 aromatic carbocycles. The monoisotopic (exact) mass is 366 g/mol. The predicted octanol–water partition coefficient (Wildman–Crippen LogP) is 2.34. The van der Waals surface area contributed by atoms with Crippen LogP contribution in [0.3, 0.4) is 0 Å². The Hall–Kier alpha value is -1.73. The second kappa shape index (κ2) is 6.18. The van der Waals surface area contributed by atoms with E-state index in [1.807, 2.05) is 0 Å². The van der Waals surface area contributed by atoms with Crippen LogP contribution in [0.4, 0.5) is 4.39 Å². The van der Waals surface area contributed by atoms with Crippen molar-refractivity contribution in [1.82, 2.24) is 14.7 Å². The van der Waals surface area contributed by atoms with Crippen molar-refractivity contribution in [3.63, 3.8) is 0 Å². The summed E-state index contributed by atoms with van der Waals surface area (Å²) >= 11 is 3.38. The highest BCUT2D eigenvalue weighted by Crippen LogP contribution is 2.21. The molecule has 2 N–H and O–H groups in total. The van der Waals surface area contributed by atoms with Gasteiger partial charge in [-0.25, -0.2) is 9.07 Å². The van der Waals surface area contributed by atoms with Gasteiger partial charge < -0.3 is 10.6 Å². The Morgan fingerprint density at radius 1 is 1.36 bits per heavy atom. The van der Waals surface area contributed by atoms with Crippen LogP contribution in [-0.2, 0) is 0 Å². The number of hydrogen-bond acceptors (Lipinski definition) is 3. The number of aromatic nitrogens is 2.